The molecule has 3 heterocycles. The first kappa shape index (κ1) is 33.0. The van der Waals surface area contributed by atoms with Crippen LogP contribution in [0.15, 0.2) is 66.9 Å². The number of H-pyrrole nitrogens is 1. The van der Waals surface area contributed by atoms with Gasteiger partial charge in [0.25, 0.3) is 0 Å². The van der Waals surface area contributed by atoms with Gasteiger partial charge in [0.15, 0.2) is 0 Å². The van der Waals surface area contributed by atoms with Crippen molar-refractivity contribution in [2.75, 3.05) is 42.6 Å². The lowest BCUT2D eigenvalue weighted by atomic mass is 9.81. The van der Waals surface area contributed by atoms with Crippen LogP contribution in [0.5, 0.6) is 0 Å². The van der Waals surface area contributed by atoms with E-state index in [9.17, 15) is 9.59 Å². The summed E-state index contributed by atoms with van der Waals surface area (Å²) in [5.74, 6) is 0.931. The zero-order valence-corrected chi connectivity index (χ0v) is 26.4. The number of aromatic nitrogens is 5. The predicted molar refractivity (Wildman–Crippen MR) is 178 cm³/mol. The van der Waals surface area contributed by atoms with Crippen LogP contribution in [0, 0.1) is 11.8 Å². The molecular weight excluding hydrogens is 606 g/mol. The fraction of sp³-hybridized carbons (Fsp3) is 0.394. The van der Waals surface area contributed by atoms with Crippen molar-refractivity contribution < 1.29 is 14.3 Å². The van der Waals surface area contributed by atoms with Crippen molar-refractivity contribution in [1.82, 2.24) is 25.6 Å². The molecule has 1 atom stereocenters. The van der Waals surface area contributed by atoms with Gasteiger partial charge in [0.1, 0.15) is 11.9 Å². The lowest BCUT2D eigenvalue weighted by Crippen LogP contribution is -2.52. The molecule has 46 heavy (non-hydrogen) atoms. The summed E-state index contributed by atoms with van der Waals surface area (Å²) in [5.41, 5.74) is 16.3. The van der Waals surface area contributed by atoms with Crippen LogP contribution in [0.2, 0.25) is 0 Å². The molecule has 2 aromatic carbocycles. The van der Waals surface area contributed by atoms with E-state index in [1.54, 1.807) is 4.90 Å². The SMILES string of the molecule is Cl.NC[C@H]1CC[C@H](C(=O)N(c2ccc(-c3nn[nH]n3)cc2)[C@@H](Cc2ccc(-c3ccnc(N4CCOCC4)c3)cc2)C(N)=O)CC1. The van der Waals surface area contributed by atoms with Gasteiger partial charge in [-0.05, 0) is 96.4 Å². The van der Waals surface area contributed by atoms with E-state index >= 15 is 0 Å². The Morgan fingerprint density at radius 1 is 0.957 bits per heavy atom. The van der Waals surface area contributed by atoms with Gasteiger partial charge in [-0.15, -0.1) is 22.6 Å². The second-order valence-corrected chi connectivity index (χ2v) is 11.8. The summed E-state index contributed by atoms with van der Waals surface area (Å²) < 4.78 is 5.48. The van der Waals surface area contributed by atoms with E-state index in [-0.39, 0.29) is 30.7 Å². The number of aromatic amines is 1. The van der Waals surface area contributed by atoms with Gasteiger partial charge in [0, 0.05) is 42.9 Å². The van der Waals surface area contributed by atoms with Crippen LogP contribution in [0.4, 0.5) is 11.5 Å². The molecule has 2 fully saturated rings. The van der Waals surface area contributed by atoms with Crippen LogP contribution in [0.1, 0.15) is 31.2 Å². The summed E-state index contributed by atoms with van der Waals surface area (Å²) in [6, 6.07) is 18.5. The average Bonchev–Trinajstić information content (AvgIpc) is 3.64. The van der Waals surface area contributed by atoms with Crippen molar-refractivity contribution >= 4 is 35.7 Å². The van der Waals surface area contributed by atoms with Gasteiger partial charge in [-0.2, -0.15) is 5.21 Å². The first-order valence-electron chi connectivity index (χ1n) is 15.5. The number of pyridine rings is 1. The number of nitrogens with two attached hydrogens (primary N) is 2. The third-order valence-corrected chi connectivity index (χ3v) is 8.95. The van der Waals surface area contributed by atoms with Gasteiger partial charge < -0.3 is 21.1 Å². The highest BCUT2D eigenvalue weighted by Gasteiger charge is 2.36. The summed E-state index contributed by atoms with van der Waals surface area (Å²) >= 11 is 0. The van der Waals surface area contributed by atoms with E-state index in [2.05, 4.69) is 36.6 Å². The van der Waals surface area contributed by atoms with E-state index in [0.29, 0.717) is 37.2 Å². The van der Waals surface area contributed by atoms with Crippen LogP contribution in [-0.4, -0.2) is 76.3 Å². The van der Waals surface area contributed by atoms with Crippen LogP contribution >= 0.6 is 12.4 Å². The molecule has 1 saturated heterocycles. The zero-order chi connectivity index (χ0) is 31.2. The van der Waals surface area contributed by atoms with Gasteiger partial charge in [-0.3, -0.25) is 14.5 Å². The third kappa shape index (κ3) is 7.52. The number of nitrogens with one attached hydrogen (secondary N) is 1. The Bertz CT molecular complexity index is 1570. The van der Waals surface area contributed by atoms with Crippen LogP contribution in [0.25, 0.3) is 22.5 Å². The van der Waals surface area contributed by atoms with E-state index in [0.717, 1.165) is 66.8 Å². The first-order valence-corrected chi connectivity index (χ1v) is 15.5. The largest absolute Gasteiger partial charge is 0.378 e. The minimum Gasteiger partial charge on any atom is -0.378 e. The average molecular weight is 646 g/mol. The number of rotatable bonds is 10. The molecule has 6 rings (SSSR count). The number of tetrazole rings is 1. The highest BCUT2D eigenvalue weighted by molar-refractivity contribution is 6.01. The molecule has 5 N–H and O–H groups in total. The maximum absolute atomic E-state index is 14.2. The zero-order valence-electron chi connectivity index (χ0n) is 25.6. The van der Waals surface area contributed by atoms with Crippen molar-refractivity contribution in [3.05, 3.63) is 72.4 Å². The van der Waals surface area contributed by atoms with E-state index in [4.69, 9.17) is 16.2 Å². The smallest absolute Gasteiger partial charge is 0.240 e. The number of anilines is 2. The molecule has 13 heteroatoms. The van der Waals surface area contributed by atoms with Crippen molar-refractivity contribution in [1.29, 1.82) is 0 Å². The molecular formula is C33H40ClN9O3. The quantitative estimate of drug-likeness (QED) is 0.234. The van der Waals surface area contributed by atoms with Crippen LogP contribution in [0.3, 0.4) is 0 Å². The molecule has 1 saturated carbocycles. The van der Waals surface area contributed by atoms with E-state index in [1.165, 1.54) is 0 Å². The number of hydrogen-bond donors (Lipinski definition) is 3. The Kier molecular flexibility index (Phi) is 10.9. The summed E-state index contributed by atoms with van der Waals surface area (Å²) in [6.07, 6.45) is 5.35. The molecule has 0 unspecified atom stereocenters. The highest BCUT2D eigenvalue weighted by Crippen LogP contribution is 2.33. The Morgan fingerprint density at radius 2 is 1.65 bits per heavy atom. The molecule has 242 valence electrons. The predicted octanol–water partition coefficient (Wildman–Crippen LogP) is 3.38. The lowest BCUT2D eigenvalue weighted by molar-refractivity contribution is -0.127. The van der Waals surface area contributed by atoms with Gasteiger partial charge in [-0.25, -0.2) is 4.98 Å². The normalized spacial score (nSPS) is 18.8. The van der Waals surface area contributed by atoms with Crippen molar-refractivity contribution in [2.45, 2.75) is 38.1 Å². The Morgan fingerprint density at radius 3 is 2.28 bits per heavy atom. The fourth-order valence-electron chi connectivity index (χ4n) is 6.30. The molecule has 2 aromatic heterocycles. The standard InChI is InChI=1S/C33H39N9O3.ClH/c34-21-23-3-7-26(8-4-23)33(44)42(28-11-9-25(10-12-28)32-37-39-40-38-32)29(31(35)43)19-22-1-5-24(6-2-22)27-13-14-36-30(20-27)41-15-17-45-18-16-41;/h1-2,5-6,9-14,20,23,26,29H,3-4,7-8,15-19,21,34H2,(H2,35,43)(H,37,38,39,40);1H/t23-,26-,29-;/m0./s1. The number of hydrogen-bond acceptors (Lipinski definition) is 9. The summed E-state index contributed by atoms with van der Waals surface area (Å²) in [5, 5.41) is 14.2. The Hall–Kier alpha value is -4.39. The molecule has 12 nitrogen and oxygen atoms in total. The molecule has 1 aliphatic heterocycles. The summed E-state index contributed by atoms with van der Waals surface area (Å²) in [6.45, 7) is 3.63. The first-order chi connectivity index (χ1) is 22.0. The molecule has 0 bridgehead atoms. The third-order valence-electron chi connectivity index (χ3n) is 8.95. The fourth-order valence-corrected chi connectivity index (χ4v) is 6.30. The summed E-state index contributed by atoms with van der Waals surface area (Å²) in [4.78, 5) is 35.7. The van der Waals surface area contributed by atoms with Gasteiger partial charge in [0.05, 0.1) is 13.2 Å². The maximum atomic E-state index is 14.2. The van der Waals surface area contributed by atoms with Crippen LogP contribution in [-0.2, 0) is 20.7 Å². The van der Waals surface area contributed by atoms with Crippen molar-refractivity contribution in [2.24, 2.45) is 23.3 Å². The Balaban J connectivity index is 0.00000417. The number of amides is 2. The summed E-state index contributed by atoms with van der Waals surface area (Å²) in [7, 11) is 0. The van der Waals surface area contributed by atoms with Crippen LogP contribution < -0.4 is 21.3 Å². The topological polar surface area (TPSA) is 169 Å². The monoisotopic (exact) mass is 645 g/mol. The van der Waals surface area contributed by atoms with Crippen molar-refractivity contribution in [3.8, 4) is 22.5 Å². The number of primary amides is 1. The van der Waals surface area contributed by atoms with E-state index < -0.39 is 11.9 Å². The molecule has 4 aromatic rings. The number of benzene rings is 2. The number of carbonyl (C=O) groups is 2. The maximum Gasteiger partial charge on any atom is 0.240 e. The van der Waals surface area contributed by atoms with E-state index in [1.807, 2.05) is 60.8 Å². The highest BCUT2D eigenvalue weighted by atomic mass is 35.5. The molecule has 2 aliphatic rings. The Labute approximate surface area is 274 Å². The molecule has 2 amide bonds. The molecule has 1 aliphatic carbocycles. The van der Waals surface area contributed by atoms with Gasteiger partial charge >= 0.3 is 0 Å². The minimum absolute atomic E-state index is 0. The number of carbonyl (C=O) groups excluding carboxylic acids is 2. The number of morpholine rings is 1. The second kappa shape index (κ2) is 15.3. The van der Waals surface area contributed by atoms with Gasteiger partial charge in [0.2, 0.25) is 17.6 Å². The second-order valence-electron chi connectivity index (χ2n) is 11.8. The van der Waals surface area contributed by atoms with Gasteiger partial charge in [-0.1, -0.05) is 24.3 Å². The number of nitrogens with zero attached hydrogens (tertiary/aromatic N) is 6. The van der Waals surface area contributed by atoms with Crippen molar-refractivity contribution in [3.63, 3.8) is 0 Å². The lowest BCUT2D eigenvalue weighted by Gasteiger charge is -2.35. The number of halogens is 1. The minimum atomic E-state index is -0.875. The number of ether oxygens (including phenoxy) is 1. The molecule has 0 radical (unpaired) electrons. The molecule has 0 spiro atoms.